The number of amides is 1. The summed E-state index contributed by atoms with van der Waals surface area (Å²) in [5.41, 5.74) is 1.34. The molecule has 5 nitrogen and oxygen atoms in total. The number of carboxylic acid groups (broad SMARTS) is 1. The molecule has 0 bridgehead atoms. The minimum atomic E-state index is -1.03. The van der Waals surface area contributed by atoms with Crippen LogP contribution in [0, 0.1) is 6.92 Å². The number of anilines is 1. The van der Waals surface area contributed by atoms with Crippen molar-refractivity contribution in [1.29, 1.82) is 0 Å². The first kappa shape index (κ1) is 13.5. The smallest absolute Gasteiger partial charge is 0.337 e. The summed E-state index contributed by atoms with van der Waals surface area (Å²) < 4.78 is 0. The summed E-state index contributed by atoms with van der Waals surface area (Å²) >= 11 is 0. The van der Waals surface area contributed by atoms with Gasteiger partial charge in [0, 0.05) is 19.0 Å². The lowest BCUT2D eigenvalue weighted by Gasteiger charge is -2.09. The molecule has 1 aliphatic carbocycles. The third-order valence-electron chi connectivity index (χ3n) is 3.04. The quantitative estimate of drug-likeness (QED) is 0.730. The monoisotopic (exact) mass is 262 g/mol. The molecule has 0 saturated heterocycles. The van der Waals surface area contributed by atoms with Gasteiger partial charge >= 0.3 is 5.97 Å². The molecule has 1 fully saturated rings. The average Bonchev–Trinajstić information content (AvgIpc) is 3.15. The number of benzene rings is 1. The first-order chi connectivity index (χ1) is 9.06. The van der Waals surface area contributed by atoms with Gasteiger partial charge in [0.05, 0.1) is 11.3 Å². The van der Waals surface area contributed by atoms with Crippen LogP contribution < -0.4 is 10.6 Å². The molecule has 2 rings (SSSR count). The van der Waals surface area contributed by atoms with Crippen LogP contribution in [0.1, 0.15) is 35.2 Å². The Bertz CT molecular complexity index is 495. The second-order valence-electron chi connectivity index (χ2n) is 4.88. The molecule has 0 aliphatic heterocycles. The summed E-state index contributed by atoms with van der Waals surface area (Å²) in [5, 5.41) is 15.0. The standard InChI is InChI=1S/C14H18N2O3/c1-9-2-5-12(11(8-9)14(18)19)16-13(17)6-7-15-10-3-4-10/h2,5,8,10,15H,3-4,6-7H2,1H3,(H,16,17)(H,18,19). The number of hydrogen-bond donors (Lipinski definition) is 3. The zero-order valence-corrected chi connectivity index (χ0v) is 10.9. The lowest BCUT2D eigenvalue weighted by molar-refractivity contribution is -0.116. The van der Waals surface area contributed by atoms with E-state index in [2.05, 4.69) is 10.6 Å². The first-order valence-electron chi connectivity index (χ1n) is 6.43. The lowest BCUT2D eigenvalue weighted by atomic mass is 10.1. The van der Waals surface area contributed by atoms with Crippen molar-refractivity contribution < 1.29 is 14.7 Å². The van der Waals surface area contributed by atoms with Crippen molar-refractivity contribution in [2.75, 3.05) is 11.9 Å². The highest BCUT2D eigenvalue weighted by molar-refractivity contribution is 6.00. The molecular formula is C14H18N2O3. The molecule has 1 aromatic rings. The van der Waals surface area contributed by atoms with Crippen LogP contribution in [0.25, 0.3) is 0 Å². The van der Waals surface area contributed by atoms with Gasteiger partial charge in [0.15, 0.2) is 0 Å². The second-order valence-corrected chi connectivity index (χ2v) is 4.88. The van der Waals surface area contributed by atoms with E-state index in [4.69, 9.17) is 5.11 Å². The van der Waals surface area contributed by atoms with Crippen LogP contribution >= 0.6 is 0 Å². The zero-order chi connectivity index (χ0) is 13.8. The van der Waals surface area contributed by atoms with Gasteiger partial charge in [-0.3, -0.25) is 4.79 Å². The summed E-state index contributed by atoms with van der Waals surface area (Å²) in [6.07, 6.45) is 2.72. The predicted octanol–water partition coefficient (Wildman–Crippen LogP) is 1.77. The van der Waals surface area contributed by atoms with Crippen molar-refractivity contribution in [3.8, 4) is 0 Å². The highest BCUT2D eigenvalue weighted by Crippen LogP contribution is 2.19. The Labute approximate surface area is 112 Å². The van der Waals surface area contributed by atoms with Gasteiger partial charge < -0.3 is 15.7 Å². The van der Waals surface area contributed by atoms with Gasteiger partial charge in [-0.25, -0.2) is 4.79 Å². The highest BCUT2D eigenvalue weighted by Gasteiger charge is 2.20. The van der Waals surface area contributed by atoms with Gasteiger partial charge in [0.1, 0.15) is 0 Å². The normalized spacial score (nSPS) is 14.2. The van der Waals surface area contributed by atoms with Gasteiger partial charge in [0.2, 0.25) is 5.91 Å². The molecule has 3 N–H and O–H groups in total. The van der Waals surface area contributed by atoms with Crippen LogP contribution in [0.2, 0.25) is 0 Å². The summed E-state index contributed by atoms with van der Waals surface area (Å²) in [7, 11) is 0. The van der Waals surface area contributed by atoms with Gasteiger partial charge in [-0.05, 0) is 31.9 Å². The van der Waals surface area contributed by atoms with Gasteiger partial charge in [-0.2, -0.15) is 0 Å². The van der Waals surface area contributed by atoms with E-state index < -0.39 is 5.97 Å². The van der Waals surface area contributed by atoms with E-state index in [0.29, 0.717) is 24.7 Å². The molecule has 102 valence electrons. The maximum absolute atomic E-state index is 11.7. The fourth-order valence-corrected chi connectivity index (χ4v) is 1.83. The fourth-order valence-electron chi connectivity index (χ4n) is 1.83. The lowest BCUT2D eigenvalue weighted by Crippen LogP contribution is -2.23. The zero-order valence-electron chi connectivity index (χ0n) is 10.9. The van der Waals surface area contributed by atoms with E-state index >= 15 is 0 Å². The van der Waals surface area contributed by atoms with Crippen molar-refractivity contribution in [2.45, 2.75) is 32.2 Å². The van der Waals surface area contributed by atoms with Crippen molar-refractivity contribution >= 4 is 17.6 Å². The van der Waals surface area contributed by atoms with Gasteiger partial charge in [0.25, 0.3) is 0 Å². The second kappa shape index (κ2) is 5.84. The minimum absolute atomic E-state index is 0.128. The summed E-state index contributed by atoms with van der Waals surface area (Å²) in [6, 6.07) is 5.54. The number of aryl methyl sites for hydroxylation is 1. The SMILES string of the molecule is Cc1ccc(NC(=O)CCNC2CC2)c(C(=O)O)c1. The molecule has 1 amide bonds. The van der Waals surface area contributed by atoms with Crippen LogP contribution in [0.15, 0.2) is 18.2 Å². The summed E-state index contributed by atoms with van der Waals surface area (Å²) in [6.45, 7) is 2.45. The number of hydrogen-bond acceptors (Lipinski definition) is 3. The molecule has 19 heavy (non-hydrogen) atoms. The third-order valence-corrected chi connectivity index (χ3v) is 3.04. The van der Waals surface area contributed by atoms with E-state index in [1.165, 1.54) is 12.8 Å². The maximum atomic E-state index is 11.7. The first-order valence-corrected chi connectivity index (χ1v) is 6.43. The van der Waals surface area contributed by atoms with Gasteiger partial charge in [-0.1, -0.05) is 11.6 Å². The minimum Gasteiger partial charge on any atom is -0.478 e. The number of rotatable bonds is 6. The molecule has 0 radical (unpaired) electrons. The van der Waals surface area contributed by atoms with Gasteiger partial charge in [-0.15, -0.1) is 0 Å². The molecule has 1 aromatic carbocycles. The van der Waals surface area contributed by atoms with E-state index in [0.717, 1.165) is 5.56 Å². The molecule has 0 atom stereocenters. The third kappa shape index (κ3) is 4.06. The Morgan fingerprint density at radius 1 is 1.37 bits per heavy atom. The van der Waals surface area contributed by atoms with E-state index in [9.17, 15) is 9.59 Å². The van der Waals surface area contributed by atoms with Crippen molar-refractivity contribution in [1.82, 2.24) is 5.32 Å². The van der Waals surface area contributed by atoms with Crippen molar-refractivity contribution in [3.05, 3.63) is 29.3 Å². The van der Waals surface area contributed by atoms with Crippen LogP contribution in [-0.2, 0) is 4.79 Å². The topological polar surface area (TPSA) is 78.4 Å². The number of carboxylic acids is 1. The Morgan fingerprint density at radius 3 is 2.74 bits per heavy atom. The Kier molecular flexibility index (Phi) is 4.16. The number of carbonyl (C=O) groups is 2. The highest BCUT2D eigenvalue weighted by atomic mass is 16.4. The summed E-state index contributed by atoms with van der Waals surface area (Å²) in [4.78, 5) is 22.8. The molecule has 0 heterocycles. The van der Waals surface area contributed by atoms with Crippen LogP contribution in [0.3, 0.4) is 0 Å². The fraction of sp³-hybridized carbons (Fsp3) is 0.429. The van der Waals surface area contributed by atoms with E-state index in [-0.39, 0.29) is 11.5 Å². The predicted molar refractivity (Wildman–Crippen MR) is 72.4 cm³/mol. The molecule has 5 heteroatoms. The molecule has 0 spiro atoms. The molecule has 0 unspecified atom stereocenters. The number of carbonyl (C=O) groups excluding carboxylic acids is 1. The molecule has 1 aliphatic rings. The number of aromatic carboxylic acids is 1. The number of nitrogens with one attached hydrogen (secondary N) is 2. The van der Waals surface area contributed by atoms with Crippen LogP contribution in [0.5, 0.6) is 0 Å². The largest absolute Gasteiger partial charge is 0.478 e. The van der Waals surface area contributed by atoms with Crippen LogP contribution in [0.4, 0.5) is 5.69 Å². The van der Waals surface area contributed by atoms with Crippen molar-refractivity contribution in [2.24, 2.45) is 0 Å². The van der Waals surface area contributed by atoms with E-state index in [1.807, 2.05) is 6.92 Å². The molecule has 1 saturated carbocycles. The van der Waals surface area contributed by atoms with Crippen molar-refractivity contribution in [3.63, 3.8) is 0 Å². The summed E-state index contributed by atoms with van der Waals surface area (Å²) in [5.74, 6) is -1.20. The Balaban J connectivity index is 1.93. The van der Waals surface area contributed by atoms with Crippen LogP contribution in [-0.4, -0.2) is 29.6 Å². The Morgan fingerprint density at radius 2 is 2.11 bits per heavy atom. The average molecular weight is 262 g/mol. The molecule has 0 aromatic heterocycles. The van der Waals surface area contributed by atoms with E-state index in [1.54, 1.807) is 18.2 Å². The Hall–Kier alpha value is -1.88. The molecular weight excluding hydrogens is 244 g/mol. The maximum Gasteiger partial charge on any atom is 0.337 e.